The summed E-state index contributed by atoms with van der Waals surface area (Å²) in [5, 5.41) is 0.590. The maximum atomic E-state index is 12.2. The van der Waals surface area contributed by atoms with Gasteiger partial charge in [0.25, 0.3) is 0 Å². The number of hydrogen-bond acceptors (Lipinski definition) is 3. The van der Waals surface area contributed by atoms with E-state index in [2.05, 4.69) is 20.8 Å². The van der Waals surface area contributed by atoms with Gasteiger partial charge in [0.1, 0.15) is 0 Å². The van der Waals surface area contributed by atoms with E-state index in [-0.39, 0.29) is 0 Å². The summed E-state index contributed by atoms with van der Waals surface area (Å²) in [6.07, 6.45) is 2.73. The molecule has 0 aromatic rings. The molecular weight excluding hydrogens is 244 g/mol. The van der Waals surface area contributed by atoms with Crippen LogP contribution in [0.1, 0.15) is 40.0 Å². The van der Waals surface area contributed by atoms with Gasteiger partial charge in [0, 0.05) is 30.5 Å². The molecule has 0 aromatic heterocycles. The van der Waals surface area contributed by atoms with Crippen LogP contribution in [0.4, 0.5) is 0 Å². The molecule has 0 radical (unpaired) electrons. The summed E-state index contributed by atoms with van der Waals surface area (Å²) in [6, 6.07) is 0. The number of amides is 1. The van der Waals surface area contributed by atoms with Crippen molar-refractivity contribution >= 4 is 17.7 Å². The van der Waals surface area contributed by atoms with Crippen molar-refractivity contribution in [3.63, 3.8) is 0 Å². The lowest BCUT2D eigenvalue weighted by molar-refractivity contribution is -0.131. The molecule has 0 aromatic carbocycles. The van der Waals surface area contributed by atoms with Crippen molar-refractivity contribution < 1.29 is 4.79 Å². The molecule has 2 N–H and O–H groups in total. The summed E-state index contributed by atoms with van der Waals surface area (Å²) in [4.78, 5) is 14.2. The summed E-state index contributed by atoms with van der Waals surface area (Å²) < 4.78 is 0. The van der Waals surface area contributed by atoms with Crippen molar-refractivity contribution in [2.24, 2.45) is 17.6 Å². The predicted octanol–water partition coefficient (Wildman–Crippen LogP) is 2.35. The maximum Gasteiger partial charge on any atom is 0.222 e. The molecule has 1 fully saturated rings. The molecule has 2 atom stereocenters. The molecule has 1 aliphatic heterocycles. The average molecular weight is 272 g/mol. The molecule has 0 aliphatic carbocycles. The highest BCUT2D eigenvalue weighted by Crippen LogP contribution is 2.23. The molecule has 3 nitrogen and oxygen atoms in total. The molecule has 0 spiro atoms. The Morgan fingerprint density at radius 2 is 2.17 bits per heavy atom. The highest BCUT2D eigenvalue weighted by Gasteiger charge is 2.22. The van der Waals surface area contributed by atoms with Crippen LogP contribution in [0.5, 0.6) is 0 Å². The third kappa shape index (κ3) is 5.19. The van der Waals surface area contributed by atoms with Gasteiger partial charge in [0.05, 0.1) is 0 Å². The first kappa shape index (κ1) is 15.8. The van der Waals surface area contributed by atoms with Gasteiger partial charge in [-0.2, -0.15) is 11.8 Å². The quantitative estimate of drug-likeness (QED) is 0.807. The zero-order chi connectivity index (χ0) is 13.5. The normalized spacial score (nSPS) is 22.3. The molecule has 1 amide bonds. The van der Waals surface area contributed by atoms with Gasteiger partial charge < -0.3 is 10.6 Å². The van der Waals surface area contributed by atoms with Gasteiger partial charge in [-0.1, -0.05) is 20.8 Å². The first-order valence-electron chi connectivity index (χ1n) is 7.14. The van der Waals surface area contributed by atoms with E-state index in [1.807, 2.05) is 16.7 Å². The Morgan fingerprint density at radius 1 is 1.44 bits per heavy atom. The summed E-state index contributed by atoms with van der Waals surface area (Å²) in [5.74, 6) is 2.64. The largest absolute Gasteiger partial charge is 0.341 e. The van der Waals surface area contributed by atoms with Gasteiger partial charge in [-0.05, 0) is 31.2 Å². The molecular formula is C14H28N2OS. The number of nitrogens with zero attached hydrogens (tertiary/aromatic N) is 1. The summed E-state index contributed by atoms with van der Waals surface area (Å²) in [5.41, 5.74) is 5.64. The number of thioether (sulfide) groups is 1. The van der Waals surface area contributed by atoms with Crippen molar-refractivity contribution in [2.45, 2.75) is 45.3 Å². The van der Waals surface area contributed by atoms with Crippen LogP contribution < -0.4 is 5.73 Å². The number of hydrogen-bond donors (Lipinski definition) is 1. The van der Waals surface area contributed by atoms with Crippen molar-refractivity contribution in [1.82, 2.24) is 4.90 Å². The minimum atomic E-state index is 0.338. The lowest BCUT2D eigenvalue weighted by Gasteiger charge is -2.31. The van der Waals surface area contributed by atoms with E-state index < -0.39 is 0 Å². The minimum Gasteiger partial charge on any atom is -0.341 e. The van der Waals surface area contributed by atoms with Crippen LogP contribution in [-0.4, -0.2) is 41.4 Å². The topological polar surface area (TPSA) is 46.3 Å². The fraction of sp³-hybridized carbons (Fsp3) is 0.929. The number of rotatable bonds is 6. The Kier molecular flexibility index (Phi) is 7.08. The molecule has 1 aliphatic rings. The minimum absolute atomic E-state index is 0.338. The van der Waals surface area contributed by atoms with E-state index >= 15 is 0 Å². The van der Waals surface area contributed by atoms with Crippen molar-refractivity contribution in [3.05, 3.63) is 0 Å². The molecule has 1 heterocycles. The lowest BCUT2D eigenvalue weighted by atomic mass is 9.88. The van der Waals surface area contributed by atoms with Crippen LogP contribution >= 0.6 is 11.8 Å². The van der Waals surface area contributed by atoms with Gasteiger partial charge in [-0.25, -0.2) is 0 Å². The number of carbonyl (C=O) groups excluding carboxylic acids is 1. The van der Waals surface area contributed by atoms with Crippen LogP contribution in [0.3, 0.4) is 0 Å². The Hall–Kier alpha value is -0.220. The van der Waals surface area contributed by atoms with Gasteiger partial charge in [-0.15, -0.1) is 0 Å². The molecule has 1 rings (SSSR count). The predicted molar refractivity (Wildman–Crippen MR) is 79.7 cm³/mol. The van der Waals surface area contributed by atoms with Gasteiger partial charge in [0.2, 0.25) is 5.91 Å². The Labute approximate surface area is 116 Å². The molecule has 106 valence electrons. The summed E-state index contributed by atoms with van der Waals surface area (Å²) in [7, 11) is 0. The van der Waals surface area contributed by atoms with E-state index in [4.69, 9.17) is 5.73 Å². The monoisotopic (exact) mass is 272 g/mol. The number of nitrogens with two attached hydrogens (primary N) is 1. The van der Waals surface area contributed by atoms with Crippen molar-refractivity contribution in [1.29, 1.82) is 0 Å². The van der Waals surface area contributed by atoms with Crippen LogP contribution in [0, 0.1) is 11.8 Å². The highest BCUT2D eigenvalue weighted by atomic mass is 32.2. The van der Waals surface area contributed by atoms with Crippen LogP contribution in [-0.2, 0) is 4.79 Å². The SMILES string of the molecule is CC1CN(C(=O)CCC(CCN)C(C)C)CCS1. The van der Waals surface area contributed by atoms with Crippen LogP contribution in [0.25, 0.3) is 0 Å². The van der Waals surface area contributed by atoms with E-state index in [0.29, 0.717) is 29.4 Å². The average Bonchev–Trinajstić information content (AvgIpc) is 2.33. The number of carbonyl (C=O) groups is 1. The summed E-state index contributed by atoms with van der Waals surface area (Å²) >= 11 is 1.97. The van der Waals surface area contributed by atoms with E-state index in [1.54, 1.807) is 0 Å². The van der Waals surface area contributed by atoms with Gasteiger partial charge in [-0.3, -0.25) is 4.79 Å². The van der Waals surface area contributed by atoms with Gasteiger partial charge in [0.15, 0.2) is 0 Å². The Balaban J connectivity index is 2.34. The van der Waals surface area contributed by atoms with E-state index in [1.165, 1.54) is 0 Å². The molecule has 0 saturated carbocycles. The zero-order valence-corrected chi connectivity index (χ0v) is 12.8. The Bertz CT molecular complexity index is 258. The first-order valence-corrected chi connectivity index (χ1v) is 8.19. The van der Waals surface area contributed by atoms with Crippen LogP contribution in [0.15, 0.2) is 0 Å². The first-order chi connectivity index (χ1) is 8.54. The van der Waals surface area contributed by atoms with Crippen molar-refractivity contribution in [2.75, 3.05) is 25.4 Å². The Morgan fingerprint density at radius 3 is 2.72 bits per heavy atom. The van der Waals surface area contributed by atoms with Gasteiger partial charge >= 0.3 is 0 Å². The second-order valence-corrected chi connectivity index (χ2v) is 7.19. The van der Waals surface area contributed by atoms with E-state index in [0.717, 1.165) is 38.2 Å². The molecule has 2 unspecified atom stereocenters. The molecule has 18 heavy (non-hydrogen) atoms. The summed E-state index contributed by atoms with van der Waals surface area (Å²) in [6.45, 7) is 9.24. The standard InChI is InChI=1S/C14H28N2OS/c1-11(2)13(6-7-15)4-5-14(17)16-8-9-18-12(3)10-16/h11-13H,4-10,15H2,1-3H3. The maximum absolute atomic E-state index is 12.2. The fourth-order valence-corrected chi connectivity index (χ4v) is 3.55. The second-order valence-electron chi connectivity index (χ2n) is 5.64. The van der Waals surface area contributed by atoms with E-state index in [9.17, 15) is 4.79 Å². The van der Waals surface area contributed by atoms with Crippen molar-refractivity contribution in [3.8, 4) is 0 Å². The molecule has 0 bridgehead atoms. The second kappa shape index (κ2) is 8.05. The van der Waals surface area contributed by atoms with Crippen LogP contribution in [0.2, 0.25) is 0 Å². The third-order valence-corrected chi connectivity index (χ3v) is 4.94. The fourth-order valence-electron chi connectivity index (χ4n) is 2.54. The lowest BCUT2D eigenvalue weighted by Crippen LogP contribution is -2.41. The molecule has 1 saturated heterocycles. The third-order valence-electron chi connectivity index (χ3n) is 3.80. The highest BCUT2D eigenvalue weighted by molar-refractivity contribution is 7.99. The zero-order valence-electron chi connectivity index (χ0n) is 12.0. The smallest absolute Gasteiger partial charge is 0.222 e. The molecule has 4 heteroatoms.